The van der Waals surface area contributed by atoms with Gasteiger partial charge in [0.2, 0.25) is 0 Å². The third-order valence-electron chi connectivity index (χ3n) is 2.63. The number of imidazole rings is 1. The standard InChI is InChI=1S/C12H22N2O2/c1-4-7-14-8-6-13-12(14)9-11(15)10(3)16-5-2/h6,8,10-11,15H,4-5,7,9H2,1-3H3. The molecule has 0 spiro atoms. The number of ether oxygens (including phenoxy) is 1. The van der Waals surface area contributed by atoms with Crippen molar-refractivity contribution in [1.82, 2.24) is 9.55 Å². The molecule has 0 saturated heterocycles. The van der Waals surface area contributed by atoms with Crippen molar-refractivity contribution < 1.29 is 9.84 Å². The van der Waals surface area contributed by atoms with E-state index in [0.717, 1.165) is 18.8 Å². The topological polar surface area (TPSA) is 47.3 Å². The molecule has 2 unspecified atom stereocenters. The summed E-state index contributed by atoms with van der Waals surface area (Å²) < 4.78 is 7.45. The van der Waals surface area contributed by atoms with Crippen molar-refractivity contribution in [1.29, 1.82) is 0 Å². The lowest BCUT2D eigenvalue weighted by atomic mass is 10.1. The monoisotopic (exact) mass is 226 g/mol. The minimum atomic E-state index is -0.488. The second-order valence-electron chi connectivity index (χ2n) is 3.97. The van der Waals surface area contributed by atoms with Crippen molar-refractivity contribution in [2.45, 2.75) is 52.4 Å². The molecule has 92 valence electrons. The minimum absolute atomic E-state index is 0.142. The van der Waals surface area contributed by atoms with Gasteiger partial charge in [0.15, 0.2) is 0 Å². The van der Waals surface area contributed by atoms with Gasteiger partial charge in [-0.05, 0) is 20.3 Å². The van der Waals surface area contributed by atoms with Gasteiger partial charge in [-0.2, -0.15) is 0 Å². The first-order chi connectivity index (χ1) is 7.69. The van der Waals surface area contributed by atoms with Crippen LogP contribution in [-0.4, -0.2) is 33.5 Å². The number of hydrogen-bond acceptors (Lipinski definition) is 3. The van der Waals surface area contributed by atoms with Crippen LogP contribution >= 0.6 is 0 Å². The maximum Gasteiger partial charge on any atom is 0.111 e. The summed E-state index contributed by atoms with van der Waals surface area (Å²) in [6, 6.07) is 0. The number of aromatic nitrogens is 2. The summed E-state index contributed by atoms with van der Waals surface area (Å²) >= 11 is 0. The van der Waals surface area contributed by atoms with Crippen LogP contribution in [0.4, 0.5) is 0 Å². The summed E-state index contributed by atoms with van der Waals surface area (Å²) in [6.07, 6.45) is 4.73. The molecule has 2 atom stereocenters. The predicted molar refractivity (Wildman–Crippen MR) is 63.3 cm³/mol. The van der Waals surface area contributed by atoms with Crippen LogP contribution < -0.4 is 0 Å². The normalized spacial score (nSPS) is 15.0. The molecule has 0 aromatic carbocycles. The van der Waals surface area contributed by atoms with Gasteiger partial charge in [-0.25, -0.2) is 4.98 Å². The Morgan fingerprint density at radius 1 is 1.50 bits per heavy atom. The maximum absolute atomic E-state index is 9.93. The third-order valence-corrected chi connectivity index (χ3v) is 2.63. The molecule has 0 saturated carbocycles. The second kappa shape index (κ2) is 6.66. The molecule has 1 aromatic heterocycles. The number of aliphatic hydroxyl groups is 1. The molecule has 0 amide bonds. The van der Waals surface area contributed by atoms with Crippen molar-refractivity contribution in [3.8, 4) is 0 Å². The molecule has 4 nitrogen and oxygen atoms in total. The highest BCUT2D eigenvalue weighted by Gasteiger charge is 2.17. The van der Waals surface area contributed by atoms with Crippen LogP contribution in [0.25, 0.3) is 0 Å². The Morgan fingerprint density at radius 2 is 2.25 bits per heavy atom. The van der Waals surface area contributed by atoms with Gasteiger partial charge in [0, 0.05) is 32.0 Å². The molecule has 0 aliphatic heterocycles. The lowest BCUT2D eigenvalue weighted by Gasteiger charge is -2.18. The van der Waals surface area contributed by atoms with Gasteiger partial charge in [-0.3, -0.25) is 0 Å². The van der Waals surface area contributed by atoms with Gasteiger partial charge in [-0.15, -0.1) is 0 Å². The quantitative estimate of drug-likeness (QED) is 0.768. The Labute approximate surface area is 97.3 Å². The first-order valence-electron chi connectivity index (χ1n) is 5.98. The summed E-state index contributed by atoms with van der Waals surface area (Å²) in [5.74, 6) is 0.931. The fraction of sp³-hybridized carbons (Fsp3) is 0.750. The van der Waals surface area contributed by atoms with Gasteiger partial charge in [0.05, 0.1) is 12.2 Å². The van der Waals surface area contributed by atoms with Crippen LogP contribution in [0.1, 0.15) is 33.0 Å². The molecule has 1 N–H and O–H groups in total. The molecule has 0 aliphatic rings. The Balaban J connectivity index is 2.54. The lowest BCUT2D eigenvalue weighted by molar-refractivity contribution is -0.0219. The lowest BCUT2D eigenvalue weighted by Crippen LogP contribution is -2.29. The zero-order valence-electron chi connectivity index (χ0n) is 10.4. The van der Waals surface area contributed by atoms with Crippen molar-refractivity contribution in [3.05, 3.63) is 18.2 Å². The van der Waals surface area contributed by atoms with Crippen LogP contribution in [0, 0.1) is 0 Å². The van der Waals surface area contributed by atoms with Crippen molar-refractivity contribution in [3.63, 3.8) is 0 Å². The van der Waals surface area contributed by atoms with Gasteiger partial charge < -0.3 is 14.4 Å². The minimum Gasteiger partial charge on any atom is -0.390 e. The number of aliphatic hydroxyl groups excluding tert-OH is 1. The fourth-order valence-electron chi connectivity index (χ4n) is 1.70. The van der Waals surface area contributed by atoms with E-state index in [1.54, 1.807) is 6.20 Å². The van der Waals surface area contributed by atoms with E-state index >= 15 is 0 Å². The highest BCUT2D eigenvalue weighted by atomic mass is 16.5. The number of rotatable bonds is 7. The highest BCUT2D eigenvalue weighted by Crippen LogP contribution is 2.08. The molecular weight excluding hydrogens is 204 g/mol. The van der Waals surface area contributed by atoms with E-state index < -0.39 is 6.10 Å². The molecular formula is C12H22N2O2. The average molecular weight is 226 g/mol. The van der Waals surface area contributed by atoms with Gasteiger partial charge in [-0.1, -0.05) is 6.92 Å². The van der Waals surface area contributed by atoms with E-state index in [1.807, 2.05) is 20.0 Å². The number of hydrogen-bond donors (Lipinski definition) is 1. The van der Waals surface area contributed by atoms with E-state index in [2.05, 4.69) is 16.5 Å². The first-order valence-corrected chi connectivity index (χ1v) is 5.98. The molecule has 0 fully saturated rings. The van der Waals surface area contributed by atoms with Gasteiger partial charge in [0.1, 0.15) is 5.82 Å². The van der Waals surface area contributed by atoms with Crippen LogP contribution in [0.5, 0.6) is 0 Å². The Kier molecular flexibility index (Phi) is 5.49. The van der Waals surface area contributed by atoms with Crippen LogP contribution in [0.2, 0.25) is 0 Å². The van der Waals surface area contributed by atoms with Crippen molar-refractivity contribution in [2.75, 3.05) is 6.61 Å². The smallest absolute Gasteiger partial charge is 0.111 e. The van der Waals surface area contributed by atoms with Gasteiger partial charge >= 0.3 is 0 Å². The molecule has 4 heteroatoms. The molecule has 1 rings (SSSR count). The zero-order chi connectivity index (χ0) is 12.0. The summed E-state index contributed by atoms with van der Waals surface area (Å²) in [4.78, 5) is 4.26. The molecule has 1 aromatic rings. The SMILES string of the molecule is CCCn1ccnc1CC(O)C(C)OCC. The van der Waals surface area contributed by atoms with E-state index in [9.17, 15) is 5.11 Å². The highest BCUT2D eigenvalue weighted by molar-refractivity contribution is 4.95. The van der Waals surface area contributed by atoms with E-state index in [0.29, 0.717) is 13.0 Å². The van der Waals surface area contributed by atoms with Crippen molar-refractivity contribution in [2.24, 2.45) is 0 Å². The average Bonchev–Trinajstić information content (AvgIpc) is 2.67. The number of nitrogens with zero attached hydrogens (tertiary/aromatic N) is 2. The number of aryl methyl sites for hydroxylation is 1. The Hall–Kier alpha value is -0.870. The fourth-order valence-corrected chi connectivity index (χ4v) is 1.70. The second-order valence-corrected chi connectivity index (χ2v) is 3.97. The zero-order valence-corrected chi connectivity index (χ0v) is 10.4. The molecule has 0 radical (unpaired) electrons. The molecule has 1 heterocycles. The summed E-state index contributed by atoms with van der Waals surface area (Å²) in [7, 11) is 0. The predicted octanol–water partition coefficient (Wildman–Crippen LogP) is 1.62. The molecule has 0 bridgehead atoms. The first kappa shape index (κ1) is 13.2. The van der Waals surface area contributed by atoms with E-state index in [-0.39, 0.29) is 6.10 Å². The van der Waals surface area contributed by atoms with Crippen molar-refractivity contribution >= 4 is 0 Å². The van der Waals surface area contributed by atoms with Gasteiger partial charge in [0.25, 0.3) is 0 Å². The molecule has 0 aliphatic carbocycles. The third kappa shape index (κ3) is 3.61. The Bertz CT molecular complexity index is 299. The van der Waals surface area contributed by atoms with Crippen LogP contribution in [0.15, 0.2) is 12.4 Å². The van der Waals surface area contributed by atoms with Crippen LogP contribution in [0.3, 0.4) is 0 Å². The van der Waals surface area contributed by atoms with Crippen LogP contribution in [-0.2, 0) is 17.7 Å². The largest absolute Gasteiger partial charge is 0.390 e. The maximum atomic E-state index is 9.93. The summed E-state index contributed by atoms with van der Waals surface area (Å²) in [5, 5.41) is 9.93. The summed E-state index contributed by atoms with van der Waals surface area (Å²) in [5.41, 5.74) is 0. The summed E-state index contributed by atoms with van der Waals surface area (Å²) in [6.45, 7) is 7.53. The Morgan fingerprint density at radius 3 is 2.88 bits per heavy atom. The van der Waals surface area contributed by atoms with E-state index in [1.165, 1.54) is 0 Å². The van der Waals surface area contributed by atoms with E-state index in [4.69, 9.17) is 4.74 Å². The molecule has 16 heavy (non-hydrogen) atoms.